The van der Waals surface area contributed by atoms with E-state index >= 15 is 0 Å². The third-order valence-electron chi connectivity index (χ3n) is 2.01. The predicted octanol–water partition coefficient (Wildman–Crippen LogP) is 1.05. The van der Waals surface area contributed by atoms with Crippen molar-refractivity contribution >= 4 is 0 Å². The van der Waals surface area contributed by atoms with Gasteiger partial charge in [-0.3, -0.25) is 0 Å². The molecule has 14 heavy (non-hydrogen) atoms. The second-order valence-corrected chi connectivity index (χ2v) is 3.23. The molecule has 0 bridgehead atoms. The summed E-state index contributed by atoms with van der Waals surface area (Å²) in [5.74, 6) is 0.514. The van der Waals surface area contributed by atoms with Crippen LogP contribution in [-0.4, -0.2) is 9.78 Å². The molecule has 1 aromatic heterocycles. The van der Waals surface area contributed by atoms with Crippen LogP contribution in [0.25, 0.3) is 11.4 Å². The molecule has 0 atom stereocenters. The Labute approximate surface area is 81.4 Å². The van der Waals surface area contributed by atoms with E-state index in [1.54, 1.807) is 10.7 Å². The van der Waals surface area contributed by atoms with Crippen molar-refractivity contribution in [2.45, 2.75) is 0 Å². The molecule has 72 valence electrons. The zero-order chi connectivity index (χ0) is 10.1. The first kappa shape index (κ1) is 8.87. The number of hydrogen-bond donors (Lipinski definition) is 0. The Balaban J connectivity index is 2.54. The highest BCUT2D eigenvalue weighted by Gasteiger charge is 2.14. The molecule has 3 nitrogen and oxygen atoms in total. The van der Waals surface area contributed by atoms with Gasteiger partial charge in [0.15, 0.2) is 0 Å². The van der Waals surface area contributed by atoms with Crippen molar-refractivity contribution in [3.63, 3.8) is 0 Å². The summed E-state index contributed by atoms with van der Waals surface area (Å²) >= 11 is 0. The average Bonchev–Trinajstić information content (AvgIpc) is 2.45. The Morgan fingerprint density at radius 1 is 1.43 bits per heavy atom. The van der Waals surface area contributed by atoms with Crippen molar-refractivity contribution in [2.75, 3.05) is 0 Å². The number of hydrogen-bond acceptors (Lipinski definition) is 1. The van der Waals surface area contributed by atoms with Gasteiger partial charge in [-0.1, -0.05) is 6.07 Å². The van der Waals surface area contributed by atoms with Crippen LogP contribution in [0.3, 0.4) is 0 Å². The van der Waals surface area contributed by atoms with Gasteiger partial charge in [0.05, 0.1) is 19.7 Å². The number of aryl methyl sites for hydroxylation is 2. The number of rotatable bonds is 1. The van der Waals surface area contributed by atoms with Crippen molar-refractivity contribution < 1.29 is 8.96 Å². The fourth-order valence-electron chi connectivity index (χ4n) is 1.44. The lowest BCUT2D eigenvalue weighted by molar-refractivity contribution is -0.661. The molecule has 0 saturated carbocycles. The van der Waals surface area contributed by atoms with Gasteiger partial charge in [0.1, 0.15) is 5.82 Å². The molecule has 0 aliphatic carbocycles. The van der Waals surface area contributed by atoms with Gasteiger partial charge < -0.3 is 0 Å². The largest absolute Gasteiger partial charge is 0.308 e. The summed E-state index contributed by atoms with van der Waals surface area (Å²) in [4.78, 5) is 0. The maximum Gasteiger partial charge on any atom is 0.308 e. The molecular formula is C10H11FN3+. The van der Waals surface area contributed by atoms with Gasteiger partial charge in [-0.15, -0.1) is 4.68 Å². The van der Waals surface area contributed by atoms with Crippen molar-refractivity contribution in [2.24, 2.45) is 14.1 Å². The Hall–Kier alpha value is -1.71. The number of nitrogens with zero attached hydrogens (tertiary/aromatic N) is 3. The van der Waals surface area contributed by atoms with E-state index in [1.165, 1.54) is 12.1 Å². The van der Waals surface area contributed by atoms with Crippen LogP contribution in [0.1, 0.15) is 0 Å². The van der Waals surface area contributed by atoms with Gasteiger partial charge in [0.25, 0.3) is 0 Å². The van der Waals surface area contributed by atoms with Crippen LogP contribution >= 0.6 is 0 Å². The average molecular weight is 192 g/mol. The monoisotopic (exact) mass is 192 g/mol. The highest BCUT2D eigenvalue weighted by Crippen LogP contribution is 2.13. The smallest absolute Gasteiger partial charge is 0.233 e. The lowest BCUT2D eigenvalue weighted by atomic mass is 10.2. The van der Waals surface area contributed by atoms with Crippen LogP contribution in [0.15, 0.2) is 30.6 Å². The summed E-state index contributed by atoms with van der Waals surface area (Å²) in [5.41, 5.74) is 0.785. The first-order chi connectivity index (χ1) is 6.66. The highest BCUT2D eigenvalue weighted by atomic mass is 19.1. The van der Waals surface area contributed by atoms with E-state index in [4.69, 9.17) is 0 Å². The predicted molar refractivity (Wildman–Crippen MR) is 49.8 cm³/mol. The molecule has 0 amide bonds. The van der Waals surface area contributed by atoms with Crippen LogP contribution in [0.4, 0.5) is 4.39 Å². The van der Waals surface area contributed by atoms with Gasteiger partial charge in [0.2, 0.25) is 6.33 Å². The van der Waals surface area contributed by atoms with E-state index in [1.807, 2.05) is 31.1 Å². The van der Waals surface area contributed by atoms with Crippen molar-refractivity contribution in [3.05, 3.63) is 36.4 Å². The molecule has 1 heterocycles. The summed E-state index contributed by atoms with van der Waals surface area (Å²) in [5, 5.41) is 4.23. The van der Waals surface area contributed by atoms with E-state index in [-0.39, 0.29) is 5.82 Å². The second-order valence-electron chi connectivity index (χ2n) is 3.23. The SMILES string of the molecule is Cn1c[n+](C)c(-c2cccc(F)c2)n1. The normalized spacial score (nSPS) is 10.5. The third-order valence-corrected chi connectivity index (χ3v) is 2.01. The van der Waals surface area contributed by atoms with E-state index in [2.05, 4.69) is 5.10 Å². The molecule has 0 radical (unpaired) electrons. The molecule has 2 rings (SSSR count). The van der Waals surface area contributed by atoms with Crippen LogP contribution in [0, 0.1) is 5.82 Å². The van der Waals surface area contributed by atoms with Gasteiger partial charge in [-0.2, -0.15) is 0 Å². The Morgan fingerprint density at radius 3 is 2.79 bits per heavy atom. The number of benzene rings is 1. The van der Waals surface area contributed by atoms with Gasteiger partial charge >= 0.3 is 5.82 Å². The molecule has 0 aliphatic rings. The van der Waals surface area contributed by atoms with Crippen LogP contribution < -0.4 is 4.57 Å². The zero-order valence-corrected chi connectivity index (χ0v) is 8.11. The third kappa shape index (κ3) is 1.51. The highest BCUT2D eigenvalue weighted by molar-refractivity contribution is 5.51. The fraction of sp³-hybridized carbons (Fsp3) is 0.200. The first-order valence-corrected chi connectivity index (χ1v) is 4.32. The van der Waals surface area contributed by atoms with Crippen LogP contribution in [0.5, 0.6) is 0 Å². The Kier molecular flexibility index (Phi) is 2.04. The minimum Gasteiger partial charge on any atom is -0.233 e. The Bertz CT molecular complexity index is 462. The quantitative estimate of drug-likeness (QED) is 0.619. The minimum absolute atomic E-state index is 0.242. The summed E-state index contributed by atoms with van der Waals surface area (Å²) in [7, 11) is 3.72. The van der Waals surface area contributed by atoms with E-state index in [9.17, 15) is 4.39 Å². The maximum absolute atomic E-state index is 12.9. The Morgan fingerprint density at radius 2 is 2.21 bits per heavy atom. The van der Waals surface area contributed by atoms with Crippen LogP contribution in [-0.2, 0) is 14.1 Å². The number of aromatic nitrogens is 3. The van der Waals surface area contributed by atoms with Gasteiger partial charge in [-0.25, -0.2) is 8.96 Å². The molecule has 4 heteroatoms. The summed E-state index contributed by atoms with van der Waals surface area (Å²) in [6.07, 6.45) is 1.83. The topological polar surface area (TPSA) is 21.7 Å². The summed E-state index contributed by atoms with van der Waals surface area (Å²) < 4.78 is 16.5. The van der Waals surface area contributed by atoms with Crippen molar-refractivity contribution in [1.29, 1.82) is 0 Å². The lowest BCUT2D eigenvalue weighted by Gasteiger charge is -1.93. The maximum atomic E-state index is 12.9. The van der Waals surface area contributed by atoms with Crippen molar-refractivity contribution in [1.82, 2.24) is 9.78 Å². The standard InChI is InChI=1S/C10H11FN3/c1-13-7-14(2)12-10(13)8-4-3-5-9(11)6-8/h3-7H,1-2H3/q+1. The molecular weight excluding hydrogens is 181 g/mol. The molecule has 0 unspecified atom stereocenters. The first-order valence-electron chi connectivity index (χ1n) is 4.32. The molecule has 1 aromatic carbocycles. The molecule has 2 aromatic rings. The molecule has 0 saturated heterocycles. The van der Waals surface area contributed by atoms with Crippen LogP contribution in [0.2, 0.25) is 0 Å². The zero-order valence-electron chi connectivity index (χ0n) is 8.11. The lowest BCUT2D eigenvalue weighted by Crippen LogP contribution is -2.27. The summed E-state index contributed by atoms with van der Waals surface area (Å²) in [6.45, 7) is 0. The number of halogens is 1. The molecule has 0 N–H and O–H groups in total. The van der Waals surface area contributed by atoms with Crippen molar-refractivity contribution in [3.8, 4) is 11.4 Å². The molecule has 0 aliphatic heterocycles. The second kappa shape index (κ2) is 3.21. The van der Waals surface area contributed by atoms with E-state index in [0.717, 1.165) is 11.4 Å². The summed E-state index contributed by atoms with van der Waals surface area (Å²) in [6, 6.07) is 6.42. The van der Waals surface area contributed by atoms with E-state index in [0.29, 0.717) is 0 Å². The van der Waals surface area contributed by atoms with E-state index < -0.39 is 0 Å². The minimum atomic E-state index is -0.242. The van der Waals surface area contributed by atoms with Gasteiger partial charge in [-0.05, 0) is 18.2 Å². The molecule has 0 fully saturated rings. The van der Waals surface area contributed by atoms with Gasteiger partial charge in [0, 0.05) is 5.10 Å². The fourth-order valence-corrected chi connectivity index (χ4v) is 1.44. The molecule has 0 spiro atoms.